The average Bonchev–Trinajstić information content (AvgIpc) is 2.97. The first-order valence-corrected chi connectivity index (χ1v) is 5.11. The Morgan fingerprint density at radius 2 is 2.06 bits per heavy atom. The van der Waals surface area contributed by atoms with Crippen LogP contribution in [-0.4, -0.2) is 9.97 Å². The van der Waals surface area contributed by atoms with E-state index >= 15 is 0 Å². The molecule has 1 saturated carbocycles. The molecule has 86 valence electrons. The van der Waals surface area contributed by atoms with Crippen LogP contribution in [0.4, 0.5) is 13.2 Å². The second-order valence-corrected chi connectivity index (χ2v) is 4.28. The first kappa shape index (κ1) is 11.3. The van der Waals surface area contributed by atoms with Gasteiger partial charge in [0.1, 0.15) is 0 Å². The van der Waals surface area contributed by atoms with E-state index < -0.39 is 17.2 Å². The standard InChI is InChI=1S/C10H9F3N2S/c11-10(12,13)6-2-1-5-15-7(6)9(3-4-9)8(14)16/h1-2,5H,3-4H2,(H2,14,16). The molecule has 0 amide bonds. The van der Waals surface area contributed by atoms with Crippen LogP contribution < -0.4 is 5.73 Å². The number of nitrogens with two attached hydrogens (primary N) is 1. The van der Waals surface area contributed by atoms with E-state index in [1.807, 2.05) is 0 Å². The van der Waals surface area contributed by atoms with Gasteiger partial charge < -0.3 is 5.73 Å². The van der Waals surface area contributed by atoms with Crippen molar-refractivity contribution in [2.75, 3.05) is 0 Å². The molecule has 16 heavy (non-hydrogen) atoms. The number of nitrogens with zero attached hydrogens (tertiary/aromatic N) is 1. The van der Waals surface area contributed by atoms with Crippen molar-refractivity contribution in [3.8, 4) is 0 Å². The molecule has 1 aliphatic rings. The maximum atomic E-state index is 12.7. The van der Waals surface area contributed by atoms with E-state index in [2.05, 4.69) is 4.98 Å². The van der Waals surface area contributed by atoms with Crippen LogP contribution in [0.15, 0.2) is 18.3 Å². The summed E-state index contributed by atoms with van der Waals surface area (Å²) in [5, 5.41) is 0. The van der Waals surface area contributed by atoms with E-state index in [-0.39, 0.29) is 10.7 Å². The fourth-order valence-electron chi connectivity index (χ4n) is 1.74. The molecule has 1 aromatic rings. The van der Waals surface area contributed by atoms with Gasteiger partial charge in [-0.15, -0.1) is 0 Å². The summed E-state index contributed by atoms with van der Waals surface area (Å²) in [6.07, 6.45) is -1.99. The minimum Gasteiger partial charge on any atom is -0.393 e. The molecular formula is C10H9F3N2S. The molecule has 0 radical (unpaired) electrons. The largest absolute Gasteiger partial charge is 0.418 e. The molecule has 1 fully saturated rings. The van der Waals surface area contributed by atoms with Gasteiger partial charge in [-0.3, -0.25) is 4.98 Å². The van der Waals surface area contributed by atoms with Gasteiger partial charge in [-0.1, -0.05) is 12.2 Å². The highest BCUT2D eigenvalue weighted by atomic mass is 32.1. The predicted octanol–water partition coefficient (Wildman–Crippen LogP) is 2.42. The summed E-state index contributed by atoms with van der Waals surface area (Å²) in [5.74, 6) is 0. The SMILES string of the molecule is NC(=S)C1(c2ncccc2C(F)(F)F)CC1. The number of hydrogen-bond acceptors (Lipinski definition) is 2. The number of alkyl halides is 3. The monoisotopic (exact) mass is 246 g/mol. The number of halogens is 3. The van der Waals surface area contributed by atoms with E-state index in [1.54, 1.807) is 0 Å². The molecule has 0 aliphatic heterocycles. The van der Waals surface area contributed by atoms with Crippen LogP contribution in [0.25, 0.3) is 0 Å². The van der Waals surface area contributed by atoms with Crippen LogP contribution in [0.3, 0.4) is 0 Å². The summed E-state index contributed by atoms with van der Waals surface area (Å²) in [6.45, 7) is 0. The summed E-state index contributed by atoms with van der Waals surface area (Å²) in [5.41, 5.74) is 3.90. The van der Waals surface area contributed by atoms with Crippen molar-refractivity contribution in [1.82, 2.24) is 4.98 Å². The third-order valence-corrected chi connectivity index (χ3v) is 3.18. The zero-order valence-electron chi connectivity index (χ0n) is 8.21. The summed E-state index contributed by atoms with van der Waals surface area (Å²) >= 11 is 4.83. The quantitative estimate of drug-likeness (QED) is 0.814. The van der Waals surface area contributed by atoms with Crippen molar-refractivity contribution < 1.29 is 13.2 Å². The van der Waals surface area contributed by atoms with Gasteiger partial charge >= 0.3 is 6.18 Å². The fourth-order valence-corrected chi connectivity index (χ4v) is 2.04. The Bertz CT molecular complexity index is 438. The fraction of sp³-hybridized carbons (Fsp3) is 0.400. The average molecular weight is 246 g/mol. The Morgan fingerprint density at radius 3 is 2.50 bits per heavy atom. The summed E-state index contributed by atoms with van der Waals surface area (Å²) in [4.78, 5) is 3.91. The summed E-state index contributed by atoms with van der Waals surface area (Å²) in [7, 11) is 0. The molecule has 6 heteroatoms. The van der Waals surface area contributed by atoms with E-state index in [1.165, 1.54) is 12.3 Å². The molecule has 1 heterocycles. The van der Waals surface area contributed by atoms with Gasteiger partial charge in [-0.05, 0) is 25.0 Å². The lowest BCUT2D eigenvalue weighted by Gasteiger charge is -2.18. The first-order valence-electron chi connectivity index (χ1n) is 4.70. The van der Waals surface area contributed by atoms with E-state index in [4.69, 9.17) is 18.0 Å². The summed E-state index contributed by atoms with van der Waals surface area (Å²) in [6, 6.07) is 2.28. The second kappa shape index (κ2) is 3.41. The van der Waals surface area contributed by atoms with Crippen molar-refractivity contribution in [2.45, 2.75) is 24.4 Å². The third-order valence-electron chi connectivity index (χ3n) is 2.79. The molecular weight excluding hydrogens is 237 g/mol. The number of thiocarbonyl (C=S) groups is 1. The smallest absolute Gasteiger partial charge is 0.393 e. The van der Waals surface area contributed by atoms with Gasteiger partial charge in [-0.2, -0.15) is 13.2 Å². The van der Waals surface area contributed by atoms with Gasteiger partial charge in [0.05, 0.1) is 21.7 Å². The maximum absolute atomic E-state index is 12.7. The Balaban J connectivity index is 2.54. The van der Waals surface area contributed by atoms with Crippen molar-refractivity contribution in [3.63, 3.8) is 0 Å². The topological polar surface area (TPSA) is 38.9 Å². The van der Waals surface area contributed by atoms with Crippen molar-refractivity contribution in [2.24, 2.45) is 5.73 Å². The van der Waals surface area contributed by atoms with Crippen molar-refractivity contribution in [3.05, 3.63) is 29.6 Å². The minimum atomic E-state index is -4.41. The van der Waals surface area contributed by atoms with Gasteiger partial charge in [0.15, 0.2) is 0 Å². The van der Waals surface area contributed by atoms with E-state index in [9.17, 15) is 13.2 Å². The molecule has 2 N–H and O–H groups in total. The second-order valence-electron chi connectivity index (χ2n) is 3.84. The van der Waals surface area contributed by atoms with Crippen LogP contribution in [0.2, 0.25) is 0 Å². The molecule has 0 saturated heterocycles. The van der Waals surface area contributed by atoms with Crippen LogP contribution in [0.1, 0.15) is 24.1 Å². The third kappa shape index (κ3) is 1.67. The maximum Gasteiger partial charge on any atom is 0.418 e. The predicted molar refractivity (Wildman–Crippen MR) is 56.9 cm³/mol. The van der Waals surface area contributed by atoms with Crippen molar-refractivity contribution >= 4 is 17.2 Å². The Labute approximate surface area is 95.7 Å². The van der Waals surface area contributed by atoms with E-state index in [0.29, 0.717) is 12.8 Å². The molecule has 0 unspecified atom stereocenters. The molecule has 2 nitrogen and oxygen atoms in total. The molecule has 0 aromatic carbocycles. The Kier molecular flexibility index (Phi) is 2.41. The van der Waals surface area contributed by atoms with Crippen LogP contribution in [-0.2, 0) is 11.6 Å². The van der Waals surface area contributed by atoms with Crippen LogP contribution in [0.5, 0.6) is 0 Å². The number of aromatic nitrogens is 1. The Morgan fingerprint density at radius 1 is 1.44 bits per heavy atom. The molecule has 2 rings (SSSR count). The molecule has 0 bridgehead atoms. The number of hydrogen-bond donors (Lipinski definition) is 1. The minimum absolute atomic E-state index is 0.0324. The van der Waals surface area contributed by atoms with Gasteiger partial charge in [0.2, 0.25) is 0 Å². The summed E-state index contributed by atoms with van der Waals surface area (Å²) < 4.78 is 38.2. The van der Waals surface area contributed by atoms with Gasteiger partial charge in [0.25, 0.3) is 0 Å². The molecule has 1 aromatic heterocycles. The van der Waals surface area contributed by atoms with Crippen LogP contribution >= 0.6 is 12.2 Å². The number of rotatable bonds is 2. The normalized spacial score (nSPS) is 18.2. The molecule has 0 atom stereocenters. The van der Waals surface area contributed by atoms with Gasteiger partial charge in [-0.25, -0.2) is 0 Å². The lowest BCUT2D eigenvalue weighted by atomic mass is 9.97. The first-order chi connectivity index (χ1) is 7.38. The highest BCUT2D eigenvalue weighted by Crippen LogP contribution is 2.51. The zero-order chi connectivity index (χ0) is 12.0. The highest BCUT2D eigenvalue weighted by molar-refractivity contribution is 7.80. The van der Waals surface area contributed by atoms with E-state index in [0.717, 1.165) is 6.07 Å². The lowest BCUT2D eigenvalue weighted by Crippen LogP contribution is -2.30. The van der Waals surface area contributed by atoms with Gasteiger partial charge in [0, 0.05) is 6.20 Å². The Hall–Kier alpha value is -1.17. The zero-order valence-corrected chi connectivity index (χ0v) is 9.03. The molecule has 0 spiro atoms. The number of pyridine rings is 1. The lowest BCUT2D eigenvalue weighted by molar-refractivity contribution is -0.138. The van der Waals surface area contributed by atoms with Crippen LogP contribution in [0, 0.1) is 0 Å². The molecule has 1 aliphatic carbocycles. The van der Waals surface area contributed by atoms with Crippen molar-refractivity contribution in [1.29, 1.82) is 0 Å². The highest BCUT2D eigenvalue weighted by Gasteiger charge is 2.52.